The summed E-state index contributed by atoms with van der Waals surface area (Å²) in [6, 6.07) is 18.2. The van der Waals surface area contributed by atoms with Gasteiger partial charge in [-0.05, 0) is 36.1 Å². The van der Waals surface area contributed by atoms with Crippen LogP contribution in [0.5, 0.6) is 5.75 Å². The maximum atomic E-state index is 12.9. The Morgan fingerprint density at radius 2 is 1.88 bits per heavy atom. The van der Waals surface area contributed by atoms with Gasteiger partial charge in [0, 0.05) is 39.8 Å². The van der Waals surface area contributed by atoms with Gasteiger partial charge in [0.25, 0.3) is 0 Å². The Morgan fingerprint density at radius 3 is 2.59 bits per heavy atom. The molecule has 0 bridgehead atoms. The number of nitrogens with zero attached hydrogens (tertiary/aromatic N) is 2. The highest BCUT2D eigenvalue weighted by atomic mass is 16.5. The Bertz CT molecular complexity index is 880. The minimum atomic E-state index is -0.223. The van der Waals surface area contributed by atoms with Crippen molar-refractivity contribution < 1.29 is 19.0 Å². The lowest BCUT2D eigenvalue weighted by atomic mass is 9.87. The third-order valence-electron chi connectivity index (χ3n) is 6.63. The van der Waals surface area contributed by atoms with Crippen molar-refractivity contribution >= 4 is 5.91 Å². The molecule has 2 aromatic carbocycles. The van der Waals surface area contributed by atoms with Crippen molar-refractivity contribution in [3.05, 3.63) is 65.7 Å². The number of carbonyl (C=O) groups excluding carboxylic acids is 1. The van der Waals surface area contributed by atoms with E-state index in [1.165, 1.54) is 5.56 Å². The lowest BCUT2D eigenvalue weighted by molar-refractivity contribution is -0.181. The third kappa shape index (κ3) is 5.49. The summed E-state index contributed by atoms with van der Waals surface area (Å²) in [5, 5.41) is 0. The van der Waals surface area contributed by atoms with Crippen LogP contribution in [0.4, 0.5) is 0 Å². The molecule has 1 amide bonds. The maximum absolute atomic E-state index is 12.9. The van der Waals surface area contributed by atoms with Crippen molar-refractivity contribution in [2.24, 2.45) is 0 Å². The molecular weight excluding hydrogens is 404 g/mol. The van der Waals surface area contributed by atoms with Crippen molar-refractivity contribution in [2.45, 2.75) is 31.0 Å². The average Bonchev–Trinajstić information content (AvgIpc) is 2.83. The van der Waals surface area contributed by atoms with E-state index >= 15 is 0 Å². The quantitative estimate of drug-likeness (QED) is 0.664. The van der Waals surface area contributed by atoms with Gasteiger partial charge < -0.3 is 19.1 Å². The van der Waals surface area contributed by atoms with Crippen molar-refractivity contribution in [3.8, 4) is 5.75 Å². The second kappa shape index (κ2) is 10.5. The number of hydrogen-bond donors (Lipinski definition) is 0. The van der Waals surface area contributed by atoms with Gasteiger partial charge in [-0.3, -0.25) is 9.69 Å². The number of ether oxygens (including phenoxy) is 3. The molecule has 1 spiro atoms. The van der Waals surface area contributed by atoms with Crippen LogP contribution in [0.25, 0.3) is 0 Å². The molecule has 2 aliphatic heterocycles. The smallest absolute Gasteiger partial charge is 0.226 e. The first-order valence-corrected chi connectivity index (χ1v) is 11.5. The first kappa shape index (κ1) is 22.8. The highest BCUT2D eigenvalue weighted by Crippen LogP contribution is 2.37. The average molecular weight is 439 g/mol. The van der Waals surface area contributed by atoms with Crippen LogP contribution in [0.1, 0.15) is 30.1 Å². The maximum Gasteiger partial charge on any atom is 0.226 e. The number of hydrogen-bond acceptors (Lipinski definition) is 5. The molecule has 2 fully saturated rings. The summed E-state index contributed by atoms with van der Waals surface area (Å²) >= 11 is 0. The number of amides is 1. The standard InChI is InChI=1S/C26H34N2O4/c1-30-16-15-27-19-24(22-8-4-3-5-9-22)32-26(20-27)11-13-28(14-12-26)25(29)18-21-7-6-10-23(17-21)31-2/h3-10,17,24H,11-16,18-20H2,1-2H3. The second-order valence-corrected chi connectivity index (χ2v) is 8.84. The summed E-state index contributed by atoms with van der Waals surface area (Å²) in [6.07, 6.45) is 2.14. The second-order valence-electron chi connectivity index (χ2n) is 8.84. The monoisotopic (exact) mass is 438 g/mol. The van der Waals surface area contributed by atoms with E-state index in [4.69, 9.17) is 14.2 Å². The fourth-order valence-corrected chi connectivity index (χ4v) is 4.82. The van der Waals surface area contributed by atoms with E-state index in [0.717, 1.165) is 56.9 Å². The summed E-state index contributed by atoms with van der Waals surface area (Å²) < 4.78 is 17.4. The molecule has 0 aliphatic carbocycles. The van der Waals surface area contributed by atoms with Gasteiger partial charge in [0.2, 0.25) is 5.91 Å². The molecule has 2 aliphatic rings. The van der Waals surface area contributed by atoms with Gasteiger partial charge >= 0.3 is 0 Å². The molecule has 0 aromatic heterocycles. The number of likely N-dealkylation sites (tertiary alicyclic amines) is 1. The zero-order chi connectivity index (χ0) is 22.4. The predicted molar refractivity (Wildman–Crippen MR) is 124 cm³/mol. The number of carbonyl (C=O) groups is 1. The van der Waals surface area contributed by atoms with Crippen molar-refractivity contribution in [2.75, 3.05) is 53.6 Å². The van der Waals surface area contributed by atoms with Crippen molar-refractivity contribution in [1.82, 2.24) is 9.80 Å². The predicted octanol–water partition coefficient (Wildman–Crippen LogP) is 3.32. The van der Waals surface area contributed by atoms with E-state index in [1.54, 1.807) is 14.2 Å². The van der Waals surface area contributed by atoms with Crippen LogP contribution >= 0.6 is 0 Å². The summed E-state index contributed by atoms with van der Waals surface area (Å²) in [4.78, 5) is 17.4. The fourth-order valence-electron chi connectivity index (χ4n) is 4.82. The molecule has 6 nitrogen and oxygen atoms in total. The molecule has 172 valence electrons. The highest BCUT2D eigenvalue weighted by Gasteiger charge is 2.43. The number of rotatable bonds is 7. The minimum Gasteiger partial charge on any atom is -0.497 e. The van der Waals surface area contributed by atoms with E-state index in [-0.39, 0.29) is 17.6 Å². The molecule has 2 aromatic rings. The molecule has 4 rings (SSSR count). The summed E-state index contributed by atoms with van der Waals surface area (Å²) in [5.74, 6) is 0.950. The topological polar surface area (TPSA) is 51.2 Å². The highest BCUT2D eigenvalue weighted by molar-refractivity contribution is 5.79. The van der Waals surface area contributed by atoms with Gasteiger partial charge in [0.15, 0.2) is 0 Å². The summed E-state index contributed by atoms with van der Waals surface area (Å²) in [6.45, 7) is 4.81. The van der Waals surface area contributed by atoms with E-state index in [0.29, 0.717) is 13.0 Å². The minimum absolute atomic E-state index is 0.0424. The molecule has 0 radical (unpaired) electrons. The Labute approximate surface area is 191 Å². The van der Waals surface area contributed by atoms with Crippen LogP contribution in [0.3, 0.4) is 0 Å². The summed E-state index contributed by atoms with van der Waals surface area (Å²) in [5.41, 5.74) is 1.98. The van der Waals surface area contributed by atoms with Gasteiger partial charge in [-0.2, -0.15) is 0 Å². The molecule has 6 heteroatoms. The van der Waals surface area contributed by atoms with Crippen LogP contribution in [-0.2, 0) is 20.7 Å². The summed E-state index contributed by atoms with van der Waals surface area (Å²) in [7, 11) is 3.39. The third-order valence-corrected chi connectivity index (χ3v) is 6.63. The zero-order valence-corrected chi connectivity index (χ0v) is 19.2. The van der Waals surface area contributed by atoms with Gasteiger partial charge in [-0.15, -0.1) is 0 Å². The fraction of sp³-hybridized carbons (Fsp3) is 0.500. The zero-order valence-electron chi connectivity index (χ0n) is 19.2. The number of morpholine rings is 1. The Hall–Kier alpha value is -2.41. The Morgan fingerprint density at radius 1 is 1.09 bits per heavy atom. The Balaban J connectivity index is 1.40. The number of benzene rings is 2. The SMILES string of the molecule is COCCN1CC(c2ccccc2)OC2(CCN(C(=O)Cc3cccc(OC)c3)CC2)C1. The molecule has 1 atom stereocenters. The number of methoxy groups -OCH3 is 2. The van der Waals surface area contributed by atoms with E-state index < -0.39 is 0 Å². The van der Waals surface area contributed by atoms with Crippen molar-refractivity contribution in [3.63, 3.8) is 0 Å². The molecular formula is C26H34N2O4. The van der Waals surface area contributed by atoms with Gasteiger partial charge in [0.1, 0.15) is 5.75 Å². The normalized spacial score (nSPS) is 20.9. The van der Waals surface area contributed by atoms with Gasteiger partial charge in [0.05, 0.1) is 31.8 Å². The first-order valence-electron chi connectivity index (χ1n) is 11.5. The molecule has 0 N–H and O–H groups in total. The Kier molecular flexibility index (Phi) is 7.45. The molecule has 32 heavy (non-hydrogen) atoms. The van der Waals surface area contributed by atoms with Crippen LogP contribution < -0.4 is 4.74 Å². The van der Waals surface area contributed by atoms with E-state index in [9.17, 15) is 4.79 Å². The van der Waals surface area contributed by atoms with Gasteiger partial charge in [-0.1, -0.05) is 42.5 Å². The van der Waals surface area contributed by atoms with Crippen LogP contribution in [0.15, 0.2) is 54.6 Å². The molecule has 1 unspecified atom stereocenters. The lowest BCUT2D eigenvalue weighted by Gasteiger charge is -2.50. The molecule has 0 saturated carbocycles. The van der Waals surface area contributed by atoms with Crippen molar-refractivity contribution in [1.29, 1.82) is 0 Å². The number of piperidine rings is 1. The molecule has 2 heterocycles. The van der Waals surface area contributed by atoms with Crippen LogP contribution in [-0.4, -0.2) is 74.9 Å². The van der Waals surface area contributed by atoms with E-state index in [1.807, 2.05) is 35.2 Å². The van der Waals surface area contributed by atoms with E-state index in [2.05, 4.69) is 29.2 Å². The van der Waals surface area contributed by atoms with Gasteiger partial charge in [-0.25, -0.2) is 0 Å². The van der Waals surface area contributed by atoms with Crippen LogP contribution in [0, 0.1) is 0 Å². The largest absolute Gasteiger partial charge is 0.497 e. The first-order chi connectivity index (χ1) is 15.6. The molecule has 2 saturated heterocycles. The van der Waals surface area contributed by atoms with Crippen LogP contribution in [0.2, 0.25) is 0 Å². The lowest BCUT2D eigenvalue weighted by Crippen LogP contribution is -2.58.